The normalized spacial score (nSPS) is 17.2. The molecule has 1 aliphatic rings. The average molecular weight is 236 g/mol. The molecule has 0 amide bonds. The molecule has 0 spiro atoms. The number of aromatic nitrogens is 3. The maximum absolute atomic E-state index is 10.8. The van der Waals surface area contributed by atoms with Gasteiger partial charge in [-0.05, 0) is 26.7 Å². The van der Waals surface area contributed by atoms with Gasteiger partial charge in [-0.15, -0.1) is 0 Å². The Kier molecular flexibility index (Phi) is 3.21. The van der Waals surface area contributed by atoms with Crippen LogP contribution < -0.4 is 4.90 Å². The van der Waals surface area contributed by atoms with Crippen LogP contribution in [0.2, 0.25) is 0 Å². The first kappa shape index (κ1) is 11.8. The summed E-state index contributed by atoms with van der Waals surface area (Å²) in [5.41, 5.74) is 0. The van der Waals surface area contributed by atoms with Gasteiger partial charge in [-0.25, -0.2) is 4.98 Å². The maximum Gasteiger partial charge on any atom is 0.306 e. The van der Waals surface area contributed by atoms with E-state index in [2.05, 4.69) is 15.0 Å². The molecule has 0 aliphatic carbocycles. The second kappa shape index (κ2) is 4.65. The summed E-state index contributed by atoms with van der Waals surface area (Å²) in [4.78, 5) is 25.6. The number of rotatable bonds is 2. The Balaban J connectivity index is 2.07. The lowest BCUT2D eigenvalue weighted by Gasteiger charge is -2.30. The molecule has 0 bridgehead atoms. The summed E-state index contributed by atoms with van der Waals surface area (Å²) < 4.78 is 0. The summed E-state index contributed by atoms with van der Waals surface area (Å²) in [5.74, 6) is 1.14. The van der Waals surface area contributed by atoms with Crippen LogP contribution in [0.15, 0.2) is 0 Å². The number of aryl methyl sites for hydroxylation is 2. The number of carboxylic acid groups (broad SMARTS) is 1. The third-order valence-electron chi connectivity index (χ3n) is 2.97. The van der Waals surface area contributed by atoms with E-state index in [0.717, 1.165) is 0 Å². The Hall–Kier alpha value is -1.72. The second-order valence-corrected chi connectivity index (χ2v) is 4.33. The van der Waals surface area contributed by atoms with Crippen molar-refractivity contribution in [1.82, 2.24) is 15.0 Å². The SMILES string of the molecule is Cc1nc(C)nc(N2CCC(C(=O)O)CC2)n1. The van der Waals surface area contributed by atoms with Crippen LogP contribution in [0.25, 0.3) is 0 Å². The fourth-order valence-corrected chi connectivity index (χ4v) is 2.07. The summed E-state index contributed by atoms with van der Waals surface area (Å²) in [6.45, 7) is 5.06. The summed E-state index contributed by atoms with van der Waals surface area (Å²) in [6.07, 6.45) is 1.30. The minimum atomic E-state index is -0.701. The molecule has 1 saturated heterocycles. The monoisotopic (exact) mass is 236 g/mol. The quantitative estimate of drug-likeness (QED) is 0.817. The van der Waals surface area contributed by atoms with Crippen LogP contribution in [-0.4, -0.2) is 39.1 Å². The second-order valence-electron chi connectivity index (χ2n) is 4.33. The van der Waals surface area contributed by atoms with Crippen LogP contribution >= 0.6 is 0 Å². The van der Waals surface area contributed by atoms with E-state index in [4.69, 9.17) is 5.11 Å². The van der Waals surface area contributed by atoms with E-state index >= 15 is 0 Å². The smallest absolute Gasteiger partial charge is 0.306 e. The molecule has 6 nitrogen and oxygen atoms in total. The van der Waals surface area contributed by atoms with Crippen LogP contribution in [0.3, 0.4) is 0 Å². The fourth-order valence-electron chi connectivity index (χ4n) is 2.07. The van der Waals surface area contributed by atoms with Crippen molar-refractivity contribution in [2.24, 2.45) is 5.92 Å². The third-order valence-corrected chi connectivity index (χ3v) is 2.97. The van der Waals surface area contributed by atoms with Crippen LogP contribution in [0.4, 0.5) is 5.95 Å². The predicted molar refractivity (Wildman–Crippen MR) is 61.9 cm³/mol. The van der Waals surface area contributed by atoms with E-state index in [9.17, 15) is 4.79 Å². The summed E-state index contributed by atoms with van der Waals surface area (Å²) in [7, 11) is 0. The Morgan fingerprint density at radius 3 is 2.18 bits per heavy atom. The van der Waals surface area contributed by atoms with Gasteiger partial charge in [0.15, 0.2) is 0 Å². The Morgan fingerprint density at radius 2 is 1.71 bits per heavy atom. The van der Waals surface area contributed by atoms with Crippen LogP contribution in [0.1, 0.15) is 24.5 Å². The molecule has 2 rings (SSSR count). The highest BCUT2D eigenvalue weighted by Gasteiger charge is 2.25. The number of aliphatic carboxylic acids is 1. The highest BCUT2D eigenvalue weighted by molar-refractivity contribution is 5.70. The molecule has 17 heavy (non-hydrogen) atoms. The van der Waals surface area contributed by atoms with Crippen molar-refractivity contribution in [3.63, 3.8) is 0 Å². The lowest BCUT2D eigenvalue weighted by Crippen LogP contribution is -2.37. The predicted octanol–water partition coefficient (Wildman–Crippen LogP) is 0.789. The topological polar surface area (TPSA) is 79.2 Å². The highest BCUT2D eigenvalue weighted by Crippen LogP contribution is 2.20. The van der Waals surface area contributed by atoms with Gasteiger partial charge in [-0.1, -0.05) is 0 Å². The molecule has 0 unspecified atom stereocenters. The molecule has 0 radical (unpaired) electrons. The van der Waals surface area contributed by atoms with Crippen molar-refractivity contribution in [2.75, 3.05) is 18.0 Å². The molecule has 0 aromatic carbocycles. The highest BCUT2D eigenvalue weighted by atomic mass is 16.4. The number of carbonyl (C=O) groups is 1. The van der Waals surface area contributed by atoms with Crippen LogP contribution in [0, 0.1) is 19.8 Å². The molecule has 0 saturated carbocycles. The van der Waals surface area contributed by atoms with Gasteiger partial charge >= 0.3 is 5.97 Å². The number of hydrogen-bond donors (Lipinski definition) is 1. The molecule has 1 N–H and O–H groups in total. The lowest BCUT2D eigenvalue weighted by molar-refractivity contribution is -0.142. The van der Waals surface area contributed by atoms with Gasteiger partial charge in [0.1, 0.15) is 11.6 Å². The van der Waals surface area contributed by atoms with Crippen LogP contribution in [-0.2, 0) is 4.79 Å². The number of hydrogen-bond acceptors (Lipinski definition) is 5. The van der Waals surface area contributed by atoms with E-state index in [1.807, 2.05) is 18.7 Å². The molecular weight excluding hydrogens is 220 g/mol. The maximum atomic E-state index is 10.8. The Morgan fingerprint density at radius 1 is 1.18 bits per heavy atom. The molecule has 6 heteroatoms. The first-order valence-electron chi connectivity index (χ1n) is 5.73. The molecule has 0 atom stereocenters. The lowest BCUT2D eigenvalue weighted by atomic mass is 9.97. The van der Waals surface area contributed by atoms with E-state index < -0.39 is 5.97 Å². The first-order chi connectivity index (χ1) is 8.06. The molecule has 2 heterocycles. The van der Waals surface area contributed by atoms with Gasteiger partial charge in [-0.2, -0.15) is 9.97 Å². The van der Waals surface area contributed by atoms with Gasteiger partial charge in [0.05, 0.1) is 5.92 Å². The van der Waals surface area contributed by atoms with Gasteiger partial charge in [0, 0.05) is 13.1 Å². The summed E-state index contributed by atoms with van der Waals surface area (Å²) >= 11 is 0. The standard InChI is InChI=1S/C11H16N4O2/c1-7-12-8(2)14-11(13-7)15-5-3-9(4-6-15)10(16)17/h9H,3-6H2,1-2H3,(H,16,17). The Labute approximate surface area is 99.7 Å². The van der Waals surface area contributed by atoms with E-state index in [-0.39, 0.29) is 5.92 Å². The van der Waals surface area contributed by atoms with Gasteiger partial charge in [0.25, 0.3) is 0 Å². The zero-order valence-electron chi connectivity index (χ0n) is 10.1. The van der Waals surface area contributed by atoms with E-state index in [1.165, 1.54) is 0 Å². The molecule has 1 aromatic heterocycles. The van der Waals surface area contributed by atoms with Crippen molar-refractivity contribution in [3.8, 4) is 0 Å². The first-order valence-corrected chi connectivity index (χ1v) is 5.73. The minimum absolute atomic E-state index is 0.227. The van der Waals surface area contributed by atoms with Crippen molar-refractivity contribution in [2.45, 2.75) is 26.7 Å². The summed E-state index contributed by atoms with van der Waals surface area (Å²) in [6, 6.07) is 0. The third kappa shape index (κ3) is 2.69. The molecule has 92 valence electrons. The van der Waals surface area contributed by atoms with Crippen molar-refractivity contribution in [3.05, 3.63) is 11.6 Å². The van der Waals surface area contributed by atoms with Gasteiger partial charge < -0.3 is 10.0 Å². The minimum Gasteiger partial charge on any atom is -0.481 e. The zero-order valence-corrected chi connectivity index (χ0v) is 10.1. The fraction of sp³-hybridized carbons (Fsp3) is 0.636. The number of anilines is 1. The Bertz CT molecular complexity index is 407. The molecular formula is C11H16N4O2. The number of nitrogens with zero attached hydrogens (tertiary/aromatic N) is 4. The average Bonchev–Trinajstić information content (AvgIpc) is 2.28. The molecule has 1 aliphatic heterocycles. The number of piperidine rings is 1. The largest absolute Gasteiger partial charge is 0.481 e. The van der Waals surface area contributed by atoms with Crippen molar-refractivity contribution >= 4 is 11.9 Å². The van der Waals surface area contributed by atoms with Crippen molar-refractivity contribution in [1.29, 1.82) is 0 Å². The molecule has 1 aromatic rings. The zero-order chi connectivity index (χ0) is 12.4. The van der Waals surface area contributed by atoms with Gasteiger partial charge in [-0.3, -0.25) is 4.79 Å². The van der Waals surface area contributed by atoms with Crippen LogP contribution in [0.5, 0.6) is 0 Å². The van der Waals surface area contributed by atoms with Gasteiger partial charge in [0.2, 0.25) is 5.95 Å². The number of carboxylic acids is 1. The van der Waals surface area contributed by atoms with E-state index in [1.54, 1.807) is 0 Å². The molecule has 1 fully saturated rings. The summed E-state index contributed by atoms with van der Waals surface area (Å²) in [5, 5.41) is 8.92. The van der Waals surface area contributed by atoms with Crippen molar-refractivity contribution < 1.29 is 9.90 Å². The van der Waals surface area contributed by atoms with E-state index in [0.29, 0.717) is 43.5 Å².